The van der Waals surface area contributed by atoms with E-state index < -0.39 is 0 Å². The number of ether oxygens (including phenoxy) is 1. The minimum atomic E-state index is 0.479. The Kier molecular flexibility index (Phi) is 4.93. The predicted octanol–water partition coefficient (Wildman–Crippen LogP) is 3.16. The molecule has 0 aliphatic carbocycles. The maximum absolute atomic E-state index is 5.75. The Morgan fingerprint density at radius 1 is 1.11 bits per heavy atom. The molecular weight excluding hydrogens is 236 g/mol. The molecule has 1 N–H and O–H groups in total. The largest absolute Gasteiger partial charge is 0.487 e. The Labute approximate surface area is 114 Å². The van der Waals surface area contributed by atoms with E-state index in [0.29, 0.717) is 12.6 Å². The standard InChI is InChI=1S/C16H20N2O/c1-13(2)18-10-14-6-3-4-7-15(14)12-19-16-8-5-9-17-11-16/h3-9,11,13,18H,10,12H2,1-2H3. The van der Waals surface area contributed by atoms with Crippen molar-refractivity contribution in [1.29, 1.82) is 0 Å². The van der Waals surface area contributed by atoms with Crippen LogP contribution in [0.5, 0.6) is 5.75 Å². The summed E-state index contributed by atoms with van der Waals surface area (Å²) in [6.45, 7) is 5.73. The maximum Gasteiger partial charge on any atom is 0.138 e. The van der Waals surface area contributed by atoms with Gasteiger partial charge in [0, 0.05) is 18.8 Å². The third-order valence-corrected chi connectivity index (χ3v) is 2.85. The lowest BCUT2D eigenvalue weighted by Gasteiger charge is -2.13. The monoisotopic (exact) mass is 256 g/mol. The van der Waals surface area contributed by atoms with Gasteiger partial charge in [0.25, 0.3) is 0 Å². The number of hydrogen-bond acceptors (Lipinski definition) is 3. The number of rotatable bonds is 6. The molecule has 2 aromatic rings. The zero-order valence-electron chi connectivity index (χ0n) is 11.5. The molecule has 0 saturated carbocycles. The van der Waals surface area contributed by atoms with Crippen molar-refractivity contribution in [2.75, 3.05) is 0 Å². The van der Waals surface area contributed by atoms with E-state index in [2.05, 4.69) is 42.3 Å². The molecule has 0 spiro atoms. The van der Waals surface area contributed by atoms with E-state index in [9.17, 15) is 0 Å². The molecule has 0 unspecified atom stereocenters. The maximum atomic E-state index is 5.75. The topological polar surface area (TPSA) is 34.1 Å². The van der Waals surface area contributed by atoms with Gasteiger partial charge in [-0.1, -0.05) is 38.1 Å². The van der Waals surface area contributed by atoms with Crippen LogP contribution in [0.4, 0.5) is 0 Å². The van der Waals surface area contributed by atoms with Gasteiger partial charge in [0.15, 0.2) is 0 Å². The molecule has 100 valence electrons. The number of hydrogen-bond donors (Lipinski definition) is 1. The normalized spacial score (nSPS) is 10.7. The summed E-state index contributed by atoms with van der Waals surface area (Å²) < 4.78 is 5.75. The first-order valence-electron chi connectivity index (χ1n) is 6.58. The molecule has 0 atom stereocenters. The predicted molar refractivity (Wildman–Crippen MR) is 77.0 cm³/mol. The van der Waals surface area contributed by atoms with Crippen LogP contribution in [0.2, 0.25) is 0 Å². The molecule has 19 heavy (non-hydrogen) atoms. The van der Waals surface area contributed by atoms with Crippen LogP contribution in [0, 0.1) is 0 Å². The van der Waals surface area contributed by atoms with Gasteiger partial charge in [-0.3, -0.25) is 4.98 Å². The van der Waals surface area contributed by atoms with Crippen LogP contribution < -0.4 is 10.1 Å². The molecule has 1 heterocycles. The van der Waals surface area contributed by atoms with E-state index in [1.165, 1.54) is 11.1 Å². The average molecular weight is 256 g/mol. The first kappa shape index (κ1) is 13.6. The van der Waals surface area contributed by atoms with Crippen LogP contribution >= 0.6 is 0 Å². The zero-order chi connectivity index (χ0) is 13.5. The van der Waals surface area contributed by atoms with Gasteiger partial charge in [-0.2, -0.15) is 0 Å². The van der Waals surface area contributed by atoms with E-state index >= 15 is 0 Å². The van der Waals surface area contributed by atoms with E-state index in [0.717, 1.165) is 12.3 Å². The van der Waals surface area contributed by atoms with Gasteiger partial charge in [0.05, 0.1) is 6.20 Å². The van der Waals surface area contributed by atoms with Crippen molar-refractivity contribution < 1.29 is 4.74 Å². The van der Waals surface area contributed by atoms with Gasteiger partial charge in [0.1, 0.15) is 12.4 Å². The highest BCUT2D eigenvalue weighted by molar-refractivity contribution is 5.27. The molecule has 1 aromatic carbocycles. The first-order chi connectivity index (χ1) is 9.25. The van der Waals surface area contributed by atoms with Crippen molar-refractivity contribution in [3.8, 4) is 5.75 Å². The summed E-state index contributed by atoms with van der Waals surface area (Å²) in [7, 11) is 0. The highest BCUT2D eigenvalue weighted by Crippen LogP contribution is 2.14. The minimum absolute atomic E-state index is 0.479. The van der Waals surface area contributed by atoms with Crippen molar-refractivity contribution >= 4 is 0 Å². The molecule has 0 aliphatic heterocycles. The number of benzene rings is 1. The second-order valence-electron chi connectivity index (χ2n) is 4.78. The van der Waals surface area contributed by atoms with Crippen molar-refractivity contribution in [3.63, 3.8) is 0 Å². The number of nitrogens with zero attached hydrogens (tertiary/aromatic N) is 1. The summed E-state index contributed by atoms with van der Waals surface area (Å²) in [6, 6.07) is 12.6. The van der Waals surface area contributed by atoms with E-state index in [4.69, 9.17) is 4.74 Å². The van der Waals surface area contributed by atoms with Crippen LogP contribution in [0.3, 0.4) is 0 Å². The minimum Gasteiger partial charge on any atom is -0.487 e. The highest BCUT2D eigenvalue weighted by atomic mass is 16.5. The molecule has 0 fully saturated rings. The highest BCUT2D eigenvalue weighted by Gasteiger charge is 2.03. The Balaban J connectivity index is 1.99. The zero-order valence-corrected chi connectivity index (χ0v) is 11.5. The Hall–Kier alpha value is -1.87. The van der Waals surface area contributed by atoms with Crippen molar-refractivity contribution in [1.82, 2.24) is 10.3 Å². The summed E-state index contributed by atoms with van der Waals surface area (Å²) >= 11 is 0. The number of aromatic nitrogens is 1. The van der Waals surface area contributed by atoms with Crippen LogP contribution in [-0.4, -0.2) is 11.0 Å². The third kappa shape index (κ3) is 4.38. The number of pyridine rings is 1. The summed E-state index contributed by atoms with van der Waals surface area (Å²) in [5.41, 5.74) is 2.49. The molecule has 0 bridgehead atoms. The fourth-order valence-corrected chi connectivity index (χ4v) is 1.78. The fraction of sp³-hybridized carbons (Fsp3) is 0.312. The van der Waals surface area contributed by atoms with Crippen molar-refractivity contribution in [2.45, 2.75) is 33.0 Å². The smallest absolute Gasteiger partial charge is 0.138 e. The quantitative estimate of drug-likeness (QED) is 0.862. The molecule has 3 heteroatoms. The Bertz CT molecular complexity index is 497. The molecule has 0 saturated heterocycles. The third-order valence-electron chi connectivity index (χ3n) is 2.85. The van der Waals surface area contributed by atoms with Gasteiger partial charge in [-0.15, -0.1) is 0 Å². The van der Waals surface area contributed by atoms with Gasteiger partial charge < -0.3 is 10.1 Å². The first-order valence-corrected chi connectivity index (χ1v) is 6.58. The lowest BCUT2D eigenvalue weighted by Crippen LogP contribution is -2.22. The van der Waals surface area contributed by atoms with Crippen LogP contribution in [-0.2, 0) is 13.2 Å². The fourth-order valence-electron chi connectivity index (χ4n) is 1.78. The van der Waals surface area contributed by atoms with E-state index in [-0.39, 0.29) is 0 Å². The lowest BCUT2D eigenvalue weighted by molar-refractivity contribution is 0.303. The Morgan fingerprint density at radius 3 is 2.58 bits per heavy atom. The summed E-state index contributed by atoms with van der Waals surface area (Å²) in [6.07, 6.45) is 3.47. The number of nitrogens with one attached hydrogen (secondary N) is 1. The molecule has 0 radical (unpaired) electrons. The van der Waals surface area contributed by atoms with Crippen LogP contribution in [0.15, 0.2) is 48.8 Å². The van der Waals surface area contributed by atoms with Gasteiger partial charge in [0.2, 0.25) is 0 Å². The average Bonchev–Trinajstić information content (AvgIpc) is 2.45. The molecule has 2 rings (SSSR count). The summed E-state index contributed by atoms with van der Waals surface area (Å²) in [5, 5.41) is 3.43. The molecular formula is C16H20N2O. The van der Waals surface area contributed by atoms with Gasteiger partial charge >= 0.3 is 0 Å². The Morgan fingerprint density at radius 2 is 1.89 bits per heavy atom. The van der Waals surface area contributed by atoms with Crippen molar-refractivity contribution in [3.05, 3.63) is 59.9 Å². The van der Waals surface area contributed by atoms with E-state index in [1.807, 2.05) is 18.2 Å². The SMILES string of the molecule is CC(C)NCc1ccccc1COc1cccnc1. The summed E-state index contributed by atoms with van der Waals surface area (Å²) in [5.74, 6) is 0.800. The van der Waals surface area contributed by atoms with Gasteiger partial charge in [-0.05, 0) is 23.3 Å². The van der Waals surface area contributed by atoms with Crippen LogP contribution in [0.1, 0.15) is 25.0 Å². The molecule has 0 amide bonds. The second-order valence-corrected chi connectivity index (χ2v) is 4.78. The van der Waals surface area contributed by atoms with Crippen molar-refractivity contribution in [2.24, 2.45) is 0 Å². The van der Waals surface area contributed by atoms with E-state index in [1.54, 1.807) is 12.4 Å². The lowest BCUT2D eigenvalue weighted by atomic mass is 10.1. The molecule has 1 aromatic heterocycles. The van der Waals surface area contributed by atoms with Gasteiger partial charge in [-0.25, -0.2) is 0 Å². The molecule has 0 aliphatic rings. The summed E-state index contributed by atoms with van der Waals surface area (Å²) in [4.78, 5) is 4.04. The van der Waals surface area contributed by atoms with Crippen LogP contribution in [0.25, 0.3) is 0 Å². The second kappa shape index (κ2) is 6.90. The molecule has 3 nitrogen and oxygen atoms in total.